The maximum Gasteiger partial charge on any atom is 0.337 e. The van der Waals surface area contributed by atoms with Crippen molar-refractivity contribution < 1.29 is 14.7 Å². The van der Waals surface area contributed by atoms with Gasteiger partial charge in [0.2, 0.25) is 11.1 Å². The molecule has 26 heavy (non-hydrogen) atoms. The molecule has 0 aliphatic carbocycles. The highest BCUT2D eigenvalue weighted by Crippen LogP contribution is 2.34. The second kappa shape index (κ2) is 7.79. The Hall–Kier alpha value is -3.20. The van der Waals surface area contributed by atoms with Crippen LogP contribution in [0.5, 0.6) is 0 Å². The van der Waals surface area contributed by atoms with E-state index < -0.39 is 11.2 Å². The number of anilines is 1. The smallest absolute Gasteiger partial charge is 0.337 e. The zero-order valence-electron chi connectivity index (χ0n) is 13.7. The van der Waals surface area contributed by atoms with Gasteiger partial charge < -0.3 is 10.4 Å². The van der Waals surface area contributed by atoms with Crippen LogP contribution in [0.4, 0.5) is 5.69 Å². The van der Waals surface area contributed by atoms with E-state index in [1.54, 1.807) is 25.2 Å². The van der Waals surface area contributed by atoms with Crippen LogP contribution in [0, 0.1) is 0 Å². The molecule has 0 aliphatic rings. The largest absolute Gasteiger partial charge is 0.478 e. The molecule has 8 nitrogen and oxygen atoms in total. The van der Waals surface area contributed by atoms with Crippen LogP contribution >= 0.6 is 11.8 Å². The van der Waals surface area contributed by atoms with Crippen LogP contribution in [0.3, 0.4) is 0 Å². The van der Waals surface area contributed by atoms with E-state index in [-0.39, 0.29) is 17.2 Å². The number of hydrogen-bond donors (Lipinski definition) is 2. The first kappa shape index (κ1) is 17.6. The number of carboxylic acids is 1. The van der Waals surface area contributed by atoms with Crippen molar-refractivity contribution in [3.05, 3.63) is 65.7 Å². The molecule has 2 N–H and O–H groups in total. The van der Waals surface area contributed by atoms with Crippen LogP contribution in [-0.2, 0) is 11.8 Å². The van der Waals surface area contributed by atoms with Crippen molar-refractivity contribution in [1.82, 2.24) is 20.2 Å². The summed E-state index contributed by atoms with van der Waals surface area (Å²) in [5, 5.41) is 23.1. The van der Waals surface area contributed by atoms with Crippen molar-refractivity contribution in [3.8, 4) is 0 Å². The molecule has 1 unspecified atom stereocenters. The zero-order chi connectivity index (χ0) is 18.5. The summed E-state index contributed by atoms with van der Waals surface area (Å²) in [6.45, 7) is 0. The van der Waals surface area contributed by atoms with Crippen LogP contribution in [0.15, 0.2) is 59.8 Å². The Labute approximate surface area is 153 Å². The number of amides is 1. The minimum absolute atomic E-state index is 0.0259. The van der Waals surface area contributed by atoms with Gasteiger partial charge >= 0.3 is 5.97 Å². The SMILES string of the molecule is Cn1nnnc1SC(C(=O)Nc1ccccc1C(=O)O)c1ccccc1. The number of aryl methyl sites for hydroxylation is 1. The van der Waals surface area contributed by atoms with Crippen molar-refractivity contribution in [3.63, 3.8) is 0 Å². The first-order valence-corrected chi connectivity index (χ1v) is 8.51. The van der Waals surface area contributed by atoms with Crippen LogP contribution in [-0.4, -0.2) is 37.2 Å². The summed E-state index contributed by atoms with van der Waals surface area (Å²) in [7, 11) is 1.68. The van der Waals surface area contributed by atoms with Crippen LogP contribution in [0.2, 0.25) is 0 Å². The van der Waals surface area contributed by atoms with E-state index in [4.69, 9.17) is 0 Å². The van der Waals surface area contributed by atoms with E-state index in [1.807, 2.05) is 30.3 Å². The number of thioether (sulfide) groups is 1. The maximum atomic E-state index is 12.9. The van der Waals surface area contributed by atoms with Gasteiger partial charge in [-0.15, -0.1) is 5.10 Å². The second-order valence-corrected chi connectivity index (χ2v) is 6.41. The quantitative estimate of drug-likeness (QED) is 0.642. The number of tetrazole rings is 1. The number of carbonyl (C=O) groups excluding carboxylic acids is 1. The number of aromatic carboxylic acids is 1. The number of hydrogen-bond acceptors (Lipinski definition) is 6. The molecule has 1 heterocycles. The number of carbonyl (C=O) groups is 2. The molecular formula is C17H15N5O3S. The van der Waals surface area contributed by atoms with Gasteiger partial charge in [0.1, 0.15) is 5.25 Å². The summed E-state index contributed by atoms with van der Waals surface area (Å²) < 4.78 is 1.47. The first-order valence-electron chi connectivity index (χ1n) is 7.63. The highest BCUT2D eigenvalue weighted by atomic mass is 32.2. The number of benzene rings is 2. The minimum atomic E-state index is -1.11. The standard InChI is InChI=1S/C17H15N5O3S/c1-22-17(19-20-21-22)26-14(11-7-3-2-4-8-11)15(23)18-13-10-6-5-9-12(13)16(24)25/h2-10,14H,1H3,(H,18,23)(H,24,25). The predicted molar refractivity (Wildman–Crippen MR) is 95.9 cm³/mol. The van der Waals surface area contributed by atoms with E-state index >= 15 is 0 Å². The Morgan fingerprint density at radius 1 is 1.12 bits per heavy atom. The van der Waals surface area contributed by atoms with Crippen molar-refractivity contribution in [2.45, 2.75) is 10.4 Å². The van der Waals surface area contributed by atoms with Crippen LogP contribution < -0.4 is 5.32 Å². The van der Waals surface area contributed by atoms with Gasteiger partial charge in [-0.3, -0.25) is 4.79 Å². The average Bonchev–Trinajstić information content (AvgIpc) is 3.05. The van der Waals surface area contributed by atoms with Crippen LogP contribution in [0.1, 0.15) is 21.2 Å². The van der Waals surface area contributed by atoms with Gasteiger partial charge in [-0.05, 0) is 28.1 Å². The maximum absolute atomic E-state index is 12.9. The molecule has 1 amide bonds. The van der Waals surface area contributed by atoms with Gasteiger partial charge in [0.05, 0.1) is 11.3 Å². The van der Waals surface area contributed by atoms with E-state index in [1.165, 1.54) is 22.5 Å². The van der Waals surface area contributed by atoms with E-state index in [0.717, 1.165) is 5.56 Å². The van der Waals surface area contributed by atoms with Gasteiger partial charge in [-0.25, -0.2) is 9.48 Å². The molecule has 3 rings (SSSR count). The molecule has 0 fully saturated rings. The van der Waals surface area contributed by atoms with E-state index in [9.17, 15) is 14.7 Å². The lowest BCUT2D eigenvalue weighted by atomic mass is 10.1. The summed E-state index contributed by atoms with van der Waals surface area (Å²) in [5.41, 5.74) is 1.02. The Morgan fingerprint density at radius 2 is 1.81 bits per heavy atom. The third-order valence-electron chi connectivity index (χ3n) is 3.56. The third kappa shape index (κ3) is 3.89. The number of nitrogens with one attached hydrogen (secondary N) is 1. The second-order valence-electron chi connectivity index (χ2n) is 5.33. The Kier molecular flexibility index (Phi) is 5.28. The Balaban J connectivity index is 1.91. The normalized spacial score (nSPS) is 11.7. The molecule has 0 radical (unpaired) electrons. The number of aromatic nitrogens is 4. The topological polar surface area (TPSA) is 110 Å². The van der Waals surface area contributed by atoms with Gasteiger partial charge in [0.25, 0.3) is 0 Å². The molecule has 3 aromatic rings. The van der Waals surface area contributed by atoms with E-state index in [2.05, 4.69) is 20.8 Å². The van der Waals surface area contributed by atoms with Gasteiger partial charge in [0.15, 0.2) is 0 Å². The summed E-state index contributed by atoms with van der Waals surface area (Å²) in [5.74, 6) is -1.47. The monoisotopic (exact) mass is 369 g/mol. The Morgan fingerprint density at radius 3 is 2.46 bits per heavy atom. The van der Waals surface area contributed by atoms with Crippen molar-refractivity contribution in [2.24, 2.45) is 7.05 Å². The van der Waals surface area contributed by atoms with Crippen LogP contribution in [0.25, 0.3) is 0 Å². The molecule has 9 heteroatoms. The molecule has 0 bridgehead atoms. The lowest BCUT2D eigenvalue weighted by Gasteiger charge is -2.17. The summed E-state index contributed by atoms with van der Waals surface area (Å²) in [6.07, 6.45) is 0. The summed E-state index contributed by atoms with van der Waals surface area (Å²) in [4.78, 5) is 24.3. The minimum Gasteiger partial charge on any atom is -0.478 e. The fourth-order valence-corrected chi connectivity index (χ4v) is 3.25. The number of carboxylic acid groups (broad SMARTS) is 1. The highest BCUT2D eigenvalue weighted by molar-refractivity contribution is 8.00. The van der Waals surface area contributed by atoms with Gasteiger partial charge in [-0.2, -0.15) is 0 Å². The number of para-hydroxylation sites is 1. The molecule has 0 spiro atoms. The molecule has 0 saturated carbocycles. The van der Waals surface area contributed by atoms with Gasteiger partial charge in [0, 0.05) is 7.05 Å². The average molecular weight is 369 g/mol. The summed E-state index contributed by atoms with van der Waals surface area (Å²) in [6, 6.07) is 15.4. The molecule has 2 aromatic carbocycles. The molecule has 132 valence electrons. The van der Waals surface area contributed by atoms with Crippen molar-refractivity contribution in [1.29, 1.82) is 0 Å². The fraction of sp³-hybridized carbons (Fsp3) is 0.118. The summed E-state index contributed by atoms with van der Waals surface area (Å²) >= 11 is 1.18. The molecule has 0 aliphatic heterocycles. The zero-order valence-corrected chi connectivity index (χ0v) is 14.6. The highest BCUT2D eigenvalue weighted by Gasteiger charge is 2.25. The number of nitrogens with zero attached hydrogens (tertiary/aromatic N) is 4. The van der Waals surface area contributed by atoms with Gasteiger partial charge in [-0.1, -0.05) is 54.2 Å². The predicted octanol–water partition coefficient (Wildman–Crippen LogP) is 2.38. The fourth-order valence-electron chi connectivity index (χ4n) is 2.30. The Bertz CT molecular complexity index is 929. The molecular weight excluding hydrogens is 354 g/mol. The van der Waals surface area contributed by atoms with E-state index in [0.29, 0.717) is 5.16 Å². The number of rotatable bonds is 6. The van der Waals surface area contributed by atoms with Crippen molar-refractivity contribution >= 4 is 29.3 Å². The lowest BCUT2D eigenvalue weighted by molar-refractivity contribution is -0.115. The third-order valence-corrected chi connectivity index (χ3v) is 4.84. The first-order chi connectivity index (χ1) is 12.6. The lowest BCUT2D eigenvalue weighted by Crippen LogP contribution is -2.21. The van der Waals surface area contributed by atoms with Crippen molar-refractivity contribution in [2.75, 3.05) is 5.32 Å². The molecule has 1 atom stereocenters. The molecule has 0 saturated heterocycles. The molecule has 1 aromatic heterocycles.